The van der Waals surface area contributed by atoms with Gasteiger partial charge in [0.15, 0.2) is 5.44 Å². The Balaban J connectivity index is 3.34. The van der Waals surface area contributed by atoms with E-state index < -0.39 is 5.44 Å². The van der Waals surface area contributed by atoms with E-state index in [1.165, 1.54) is 12.8 Å². The summed E-state index contributed by atoms with van der Waals surface area (Å²) in [6.45, 7) is 4.91. The van der Waals surface area contributed by atoms with Crippen LogP contribution in [0.2, 0.25) is 0 Å². The normalized spacial score (nSPS) is 12.5. The van der Waals surface area contributed by atoms with Gasteiger partial charge in [-0.25, -0.2) is 4.79 Å². The molecule has 0 aliphatic carbocycles. The Hall–Kier alpha value is -0.220. The van der Waals surface area contributed by atoms with Crippen LogP contribution in [0.15, 0.2) is 0 Å². The van der Waals surface area contributed by atoms with E-state index in [1.807, 2.05) is 6.92 Å². The Bertz CT molecular complexity index is 150. The molecule has 1 atom stereocenters. The number of hydrogen-bond donors (Lipinski definition) is 1. The minimum Gasteiger partial charge on any atom is -0.463 e. The van der Waals surface area contributed by atoms with E-state index in [-0.39, 0.29) is 5.97 Å². The maximum atomic E-state index is 11.1. The molecule has 0 heterocycles. The summed E-state index contributed by atoms with van der Waals surface area (Å²) in [5.41, 5.74) is -0.730. The summed E-state index contributed by atoms with van der Waals surface area (Å²) >= 11 is 3.95. The molecule has 14 heavy (non-hydrogen) atoms. The van der Waals surface area contributed by atoms with Crippen LogP contribution in [0.25, 0.3) is 0 Å². The molecular formula is C10H20O3S. The van der Waals surface area contributed by atoms with Crippen molar-refractivity contribution in [3.8, 4) is 0 Å². The number of unbranched alkanes of at least 4 members (excludes halogenated alkanes) is 3. The summed E-state index contributed by atoms with van der Waals surface area (Å²) in [6, 6.07) is 0. The molecule has 1 unspecified atom stereocenters. The molecule has 4 heteroatoms. The van der Waals surface area contributed by atoms with Gasteiger partial charge in [0.05, 0.1) is 6.61 Å². The average Bonchev–Trinajstić information content (AvgIpc) is 2.17. The first-order chi connectivity index (χ1) is 6.72. The molecule has 0 spiro atoms. The van der Waals surface area contributed by atoms with Crippen LogP contribution in [0.1, 0.15) is 39.5 Å². The lowest BCUT2D eigenvalue weighted by atomic mass is 10.2. The Morgan fingerprint density at radius 2 is 2.00 bits per heavy atom. The van der Waals surface area contributed by atoms with Gasteiger partial charge < -0.3 is 9.47 Å². The lowest BCUT2D eigenvalue weighted by molar-refractivity contribution is -0.151. The molecule has 0 rings (SSSR count). The first kappa shape index (κ1) is 13.8. The topological polar surface area (TPSA) is 35.5 Å². The van der Waals surface area contributed by atoms with Crippen molar-refractivity contribution in [3.05, 3.63) is 0 Å². The van der Waals surface area contributed by atoms with Crippen LogP contribution in [-0.4, -0.2) is 24.6 Å². The zero-order valence-corrected chi connectivity index (χ0v) is 9.89. The quantitative estimate of drug-likeness (QED) is 0.295. The Morgan fingerprint density at radius 1 is 1.29 bits per heavy atom. The van der Waals surface area contributed by atoms with E-state index in [0.29, 0.717) is 13.2 Å². The third-order valence-electron chi connectivity index (χ3n) is 1.77. The van der Waals surface area contributed by atoms with Gasteiger partial charge in [-0.1, -0.05) is 26.2 Å². The van der Waals surface area contributed by atoms with Gasteiger partial charge in [-0.3, -0.25) is 0 Å². The van der Waals surface area contributed by atoms with E-state index in [2.05, 4.69) is 19.6 Å². The molecule has 0 aliphatic heterocycles. The van der Waals surface area contributed by atoms with Gasteiger partial charge >= 0.3 is 5.97 Å². The van der Waals surface area contributed by atoms with E-state index in [4.69, 9.17) is 9.47 Å². The maximum absolute atomic E-state index is 11.1. The summed E-state index contributed by atoms with van der Waals surface area (Å²) in [4.78, 5) is 11.1. The van der Waals surface area contributed by atoms with Gasteiger partial charge in [0.1, 0.15) is 0 Å². The van der Waals surface area contributed by atoms with Gasteiger partial charge in [-0.2, -0.15) is 0 Å². The van der Waals surface area contributed by atoms with Gasteiger partial charge in [0, 0.05) is 6.61 Å². The van der Waals surface area contributed by atoms with Crippen LogP contribution < -0.4 is 0 Å². The molecule has 0 bridgehead atoms. The minimum atomic E-state index is -0.730. The molecule has 0 fully saturated rings. The highest BCUT2D eigenvalue weighted by molar-refractivity contribution is 7.81. The molecule has 0 aromatic heterocycles. The van der Waals surface area contributed by atoms with Crippen molar-refractivity contribution >= 4 is 18.6 Å². The van der Waals surface area contributed by atoms with Crippen molar-refractivity contribution in [1.82, 2.24) is 0 Å². The number of ether oxygens (including phenoxy) is 2. The van der Waals surface area contributed by atoms with Crippen molar-refractivity contribution in [2.24, 2.45) is 0 Å². The first-order valence-electron chi connectivity index (χ1n) is 5.18. The standard InChI is InChI=1S/C10H20O3S/c1-3-5-6-7-8-13-9(11)10(14)12-4-2/h10,14H,3-8H2,1-2H3. The number of rotatable bonds is 8. The molecule has 0 aromatic carbocycles. The SMILES string of the molecule is CCCCCCOC(=O)C(S)OCC. The van der Waals surface area contributed by atoms with Crippen molar-refractivity contribution in [2.75, 3.05) is 13.2 Å². The fraction of sp³-hybridized carbons (Fsp3) is 0.900. The van der Waals surface area contributed by atoms with Crippen LogP contribution >= 0.6 is 12.6 Å². The summed E-state index contributed by atoms with van der Waals surface area (Å²) in [7, 11) is 0. The summed E-state index contributed by atoms with van der Waals surface area (Å²) in [5, 5.41) is 0. The number of thiol groups is 1. The summed E-state index contributed by atoms with van der Waals surface area (Å²) < 4.78 is 9.93. The largest absolute Gasteiger partial charge is 0.463 e. The second-order valence-electron chi connectivity index (χ2n) is 3.04. The highest BCUT2D eigenvalue weighted by Crippen LogP contribution is 2.03. The number of carbonyl (C=O) groups is 1. The number of carbonyl (C=O) groups excluding carboxylic acids is 1. The van der Waals surface area contributed by atoms with E-state index >= 15 is 0 Å². The molecule has 0 N–H and O–H groups in total. The Labute approximate surface area is 91.6 Å². The molecule has 84 valence electrons. The maximum Gasteiger partial charge on any atom is 0.345 e. The Kier molecular flexibility index (Phi) is 9.19. The van der Waals surface area contributed by atoms with Crippen LogP contribution in [-0.2, 0) is 14.3 Å². The van der Waals surface area contributed by atoms with Crippen molar-refractivity contribution < 1.29 is 14.3 Å². The van der Waals surface area contributed by atoms with Crippen LogP contribution in [0.5, 0.6) is 0 Å². The lowest BCUT2D eigenvalue weighted by Gasteiger charge is -2.10. The minimum absolute atomic E-state index is 0.383. The third-order valence-corrected chi connectivity index (χ3v) is 2.13. The summed E-state index contributed by atoms with van der Waals surface area (Å²) in [5.74, 6) is -0.383. The van der Waals surface area contributed by atoms with Gasteiger partial charge in [-0.05, 0) is 13.3 Å². The third kappa shape index (κ3) is 7.21. The first-order valence-corrected chi connectivity index (χ1v) is 5.70. The molecule has 0 amide bonds. The second-order valence-corrected chi connectivity index (χ2v) is 3.50. The van der Waals surface area contributed by atoms with Gasteiger partial charge in [-0.15, -0.1) is 12.6 Å². The predicted octanol–water partition coefficient (Wildman–Crippen LogP) is 2.40. The average molecular weight is 220 g/mol. The zero-order chi connectivity index (χ0) is 10.8. The zero-order valence-electron chi connectivity index (χ0n) is 8.99. The van der Waals surface area contributed by atoms with E-state index in [0.717, 1.165) is 12.8 Å². The van der Waals surface area contributed by atoms with E-state index in [9.17, 15) is 4.79 Å². The molecule has 0 radical (unpaired) electrons. The molecule has 0 saturated carbocycles. The highest BCUT2D eigenvalue weighted by Gasteiger charge is 2.14. The summed E-state index contributed by atoms with van der Waals surface area (Å²) in [6.07, 6.45) is 4.40. The van der Waals surface area contributed by atoms with Crippen LogP contribution in [0.3, 0.4) is 0 Å². The lowest BCUT2D eigenvalue weighted by Crippen LogP contribution is -2.21. The van der Waals surface area contributed by atoms with Gasteiger partial charge in [0.2, 0.25) is 0 Å². The monoisotopic (exact) mass is 220 g/mol. The van der Waals surface area contributed by atoms with Crippen molar-refractivity contribution in [3.63, 3.8) is 0 Å². The molecular weight excluding hydrogens is 200 g/mol. The molecule has 3 nitrogen and oxygen atoms in total. The van der Waals surface area contributed by atoms with Crippen molar-refractivity contribution in [2.45, 2.75) is 45.0 Å². The fourth-order valence-electron chi connectivity index (χ4n) is 0.999. The van der Waals surface area contributed by atoms with Crippen LogP contribution in [0.4, 0.5) is 0 Å². The predicted molar refractivity (Wildman–Crippen MR) is 59.5 cm³/mol. The molecule has 0 saturated heterocycles. The van der Waals surface area contributed by atoms with Crippen LogP contribution in [0, 0.1) is 0 Å². The molecule has 0 aliphatic rings. The second kappa shape index (κ2) is 9.34. The smallest absolute Gasteiger partial charge is 0.345 e. The van der Waals surface area contributed by atoms with Gasteiger partial charge in [0.25, 0.3) is 0 Å². The number of esters is 1. The Morgan fingerprint density at radius 3 is 2.57 bits per heavy atom. The van der Waals surface area contributed by atoms with E-state index in [1.54, 1.807) is 0 Å². The fourth-order valence-corrected chi connectivity index (χ4v) is 1.22. The highest BCUT2D eigenvalue weighted by atomic mass is 32.1. The number of hydrogen-bond acceptors (Lipinski definition) is 4. The molecule has 0 aromatic rings. The van der Waals surface area contributed by atoms with Crippen molar-refractivity contribution in [1.29, 1.82) is 0 Å².